The lowest BCUT2D eigenvalue weighted by molar-refractivity contribution is 0.0946. The number of hydrogen-bond donors (Lipinski definition) is 0. The summed E-state index contributed by atoms with van der Waals surface area (Å²) in [6.45, 7) is 5.30. The predicted octanol–water partition coefficient (Wildman–Crippen LogP) is 3.06. The minimum absolute atomic E-state index is 0.177. The van der Waals surface area contributed by atoms with E-state index in [0.717, 1.165) is 29.8 Å². The maximum Gasteiger partial charge on any atom is 0.177 e. The number of aryl methyl sites for hydroxylation is 2. The first-order valence-electron chi connectivity index (χ1n) is 7.25. The highest BCUT2D eigenvalue weighted by molar-refractivity contribution is 5.98. The van der Waals surface area contributed by atoms with E-state index >= 15 is 0 Å². The van der Waals surface area contributed by atoms with Crippen molar-refractivity contribution in [1.82, 2.24) is 9.88 Å². The number of rotatable bonds is 6. The van der Waals surface area contributed by atoms with E-state index in [2.05, 4.69) is 16.0 Å². The van der Waals surface area contributed by atoms with E-state index in [-0.39, 0.29) is 5.78 Å². The highest BCUT2D eigenvalue weighted by Crippen LogP contribution is 2.11. The van der Waals surface area contributed by atoms with Gasteiger partial charge < -0.3 is 0 Å². The summed E-state index contributed by atoms with van der Waals surface area (Å²) in [5.74, 6) is 0.177. The van der Waals surface area contributed by atoms with Gasteiger partial charge in [0.2, 0.25) is 0 Å². The number of Topliss-reactive ketones (excluding diaryl/α,β-unsaturated/α-hetero) is 1. The Bertz CT molecular complexity index is 608. The van der Waals surface area contributed by atoms with E-state index in [1.54, 1.807) is 6.20 Å². The lowest BCUT2D eigenvalue weighted by atomic mass is 10.0. The van der Waals surface area contributed by atoms with Crippen molar-refractivity contribution in [2.45, 2.75) is 20.3 Å². The molecule has 0 atom stereocenters. The number of carbonyl (C=O) groups is 1. The molecule has 21 heavy (non-hydrogen) atoms. The Morgan fingerprint density at radius 3 is 2.67 bits per heavy atom. The van der Waals surface area contributed by atoms with Gasteiger partial charge in [-0.15, -0.1) is 0 Å². The van der Waals surface area contributed by atoms with Crippen molar-refractivity contribution in [3.8, 4) is 0 Å². The summed E-state index contributed by atoms with van der Waals surface area (Å²) in [5, 5.41) is 0. The van der Waals surface area contributed by atoms with Crippen LogP contribution in [0.15, 0.2) is 42.6 Å². The average Bonchev–Trinajstić information content (AvgIpc) is 2.46. The molecule has 0 saturated carbocycles. The van der Waals surface area contributed by atoms with Gasteiger partial charge in [0, 0.05) is 30.4 Å². The van der Waals surface area contributed by atoms with Crippen LogP contribution in [0.1, 0.15) is 27.2 Å². The molecule has 1 aromatic carbocycles. The number of likely N-dealkylation sites (N-methyl/N-ethyl adjacent to an activating group) is 1. The molecular formula is C18H22N2O. The third-order valence-corrected chi connectivity index (χ3v) is 3.57. The van der Waals surface area contributed by atoms with E-state index < -0.39 is 0 Å². The molecule has 110 valence electrons. The number of carbonyl (C=O) groups excluding carboxylic acids is 1. The smallest absolute Gasteiger partial charge is 0.177 e. The third kappa shape index (κ3) is 4.50. The monoisotopic (exact) mass is 282 g/mol. The van der Waals surface area contributed by atoms with Crippen molar-refractivity contribution < 1.29 is 4.79 Å². The molecule has 0 fully saturated rings. The SMILES string of the molecule is Cc1ccc(C(=O)CN(C)CCc2ccccn2)c(C)c1. The van der Waals surface area contributed by atoms with Gasteiger partial charge >= 0.3 is 0 Å². The van der Waals surface area contributed by atoms with Crippen molar-refractivity contribution in [2.24, 2.45) is 0 Å². The molecule has 3 nitrogen and oxygen atoms in total. The van der Waals surface area contributed by atoms with Crippen molar-refractivity contribution in [1.29, 1.82) is 0 Å². The van der Waals surface area contributed by atoms with Crippen molar-refractivity contribution in [3.63, 3.8) is 0 Å². The van der Waals surface area contributed by atoms with Gasteiger partial charge in [0.15, 0.2) is 5.78 Å². The second-order valence-electron chi connectivity index (χ2n) is 5.55. The van der Waals surface area contributed by atoms with E-state index in [1.165, 1.54) is 5.56 Å². The van der Waals surface area contributed by atoms with E-state index in [4.69, 9.17) is 0 Å². The molecule has 0 aliphatic rings. The fourth-order valence-electron chi connectivity index (χ4n) is 2.39. The van der Waals surface area contributed by atoms with Gasteiger partial charge in [-0.05, 0) is 38.6 Å². The predicted molar refractivity (Wildman–Crippen MR) is 85.7 cm³/mol. The summed E-state index contributed by atoms with van der Waals surface area (Å²) >= 11 is 0. The Labute approximate surface area is 126 Å². The Morgan fingerprint density at radius 1 is 1.19 bits per heavy atom. The maximum atomic E-state index is 12.3. The first-order chi connectivity index (χ1) is 10.1. The highest BCUT2D eigenvalue weighted by Gasteiger charge is 2.11. The van der Waals surface area contributed by atoms with Crippen LogP contribution in [0.5, 0.6) is 0 Å². The lowest BCUT2D eigenvalue weighted by Gasteiger charge is -2.16. The molecule has 0 N–H and O–H groups in total. The second-order valence-corrected chi connectivity index (χ2v) is 5.55. The fourth-order valence-corrected chi connectivity index (χ4v) is 2.39. The minimum atomic E-state index is 0.177. The van der Waals surface area contributed by atoms with Crippen LogP contribution >= 0.6 is 0 Å². The number of nitrogens with zero attached hydrogens (tertiary/aromatic N) is 2. The van der Waals surface area contributed by atoms with Gasteiger partial charge in [-0.2, -0.15) is 0 Å². The van der Waals surface area contributed by atoms with Crippen LogP contribution in [0.2, 0.25) is 0 Å². The molecule has 1 heterocycles. The first-order valence-corrected chi connectivity index (χ1v) is 7.25. The molecule has 1 aromatic heterocycles. The van der Waals surface area contributed by atoms with Gasteiger partial charge in [-0.3, -0.25) is 14.7 Å². The molecule has 2 rings (SSSR count). The van der Waals surface area contributed by atoms with E-state index in [0.29, 0.717) is 6.54 Å². The van der Waals surface area contributed by atoms with E-state index in [1.807, 2.05) is 51.2 Å². The van der Waals surface area contributed by atoms with Gasteiger partial charge in [-0.1, -0.05) is 29.8 Å². The Hall–Kier alpha value is -2.00. The summed E-state index contributed by atoms with van der Waals surface area (Å²) in [6.07, 6.45) is 2.66. The van der Waals surface area contributed by atoms with Crippen LogP contribution < -0.4 is 0 Å². The molecule has 2 aromatic rings. The molecule has 0 aliphatic carbocycles. The summed E-state index contributed by atoms with van der Waals surface area (Å²) in [6, 6.07) is 11.9. The topological polar surface area (TPSA) is 33.2 Å². The van der Waals surface area contributed by atoms with Gasteiger partial charge in [0.1, 0.15) is 0 Å². The van der Waals surface area contributed by atoms with Gasteiger partial charge in [0.25, 0.3) is 0 Å². The quantitative estimate of drug-likeness (QED) is 0.763. The summed E-state index contributed by atoms with van der Waals surface area (Å²) in [5.41, 5.74) is 4.12. The molecule has 3 heteroatoms. The molecule has 0 bridgehead atoms. The standard InChI is InChI=1S/C18H22N2O/c1-14-7-8-17(15(2)12-14)18(21)13-20(3)11-9-16-6-4-5-10-19-16/h4-8,10,12H,9,11,13H2,1-3H3. The number of hydrogen-bond acceptors (Lipinski definition) is 3. The lowest BCUT2D eigenvalue weighted by Crippen LogP contribution is -2.28. The number of aromatic nitrogens is 1. The zero-order chi connectivity index (χ0) is 15.2. The van der Waals surface area contributed by atoms with Crippen LogP contribution in [0.4, 0.5) is 0 Å². The number of benzene rings is 1. The van der Waals surface area contributed by atoms with Crippen LogP contribution in [0.3, 0.4) is 0 Å². The van der Waals surface area contributed by atoms with Gasteiger partial charge in [0.05, 0.1) is 6.54 Å². The van der Waals surface area contributed by atoms with E-state index in [9.17, 15) is 4.79 Å². The third-order valence-electron chi connectivity index (χ3n) is 3.57. The summed E-state index contributed by atoms with van der Waals surface area (Å²) in [4.78, 5) is 18.7. The number of pyridine rings is 1. The Balaban J connectivity index is 1.90. The molecular weight excluding hydrogens is 260 g/mol. The number of ketones is 1. The molecule has 0 unspecified atom stereocenters. The maximum absolute atomic E-state index is 12.3. The minimum Gasteiger partial charge on any atom is -0.299 e. The molecule has 0 radical (unpaired) electrons. The summed E-state index contributed by atoms with van der Waals surface area (Å²) in [7, 11) is 1.98. The van der Waals surface area contributed by atoms with Crippen molar-refractivity contribution >= 4 is 5.78 Å². The van der Waals surface area contributed by atoms with Crippen LogP contribution in [0, 0.1) is 13.8 Å². The normalized spacial score (nSPS) is 10.9. The average molecular weight is 282 g/mol. The first kappa shape index (κ1) is 15.4. The zero-order valence-corrected chi connectivity index (χ0v) is 13.0. The van der Waals surface area contributed by atoms with Crippen LogP contribution in [0.25, 0.3) is 0 Å². The molecule has 0 aliphatic heterocycles. The fraction of sp³-hybridized carbons (Fsp3) is 0.333. The van der Waals surface area contributed by atoms with Crippen LogP contribution in [-0.4, -0.2) is 35.8 Å². The van der Waals surface area contributed by atoms with Crippen molar-refractivity contribution in [3.05, 3.63) is 65.0 Å². The largest absolute Gasteiger partial charge is 0.299 e. The molecule has 0 saturated heterocycles. The van der Waals surface area contributed by atoms with Crippen LogP contribution in [-0.2, 0) is 6.42 Å². The van der Waals surface area contributed by atoms with Gasteiger partial charge in [-0.25, -0.2) is 0 Å². The molecule has 0 amide bonds. The highest BCUT2D eigenvalue weighted by atomic mass is 16.1. The second kappa shape index (κ2) is 7.14. The molecule has 0 spiro atoms. The Morgan fingerprint density at radius 2 is 2.00 bits per heavy atom. The Kier molecular flexibility index (Phi) is 5.23. The summed E-state index contributed by atoms with van der Waals surface area (Å²) < 4.78 is 0. The van der Waals surface area contributed by atoms with Crippen molar-refractivity contribution in [2.75, 3.05) is 20.1 Å². The zero-order valence-electron chi connectivity index (χ0n) is 13.0.